The van der Waals surface area contributed by atoms with Gasteiger partial charge in [-0.05, 0) is 67.7 Å². The van der Waals surface area contributed by atoms with Crippen molar-refractivity contribution in [2.75, 3.05) is 38.1 Å². The summed E-state index contributed by atoms with van der Waals surface area (Å²) >= 11 is 0. The fourth-order valence-corrected chi connectivity index (χ4v) is 4.23. The van der Waals surface area contributed by atoms with Gasteiger partial charge in [0.05, 0.1) is 6.04 Å². The lowest BCUT2D eigenvalue weighted by Crippen LogP contribution is -2.36. The summed E-state index contributed by atoms with van der Waals surface area (Å²) in [6.07, 6.45) is 3.46. The van der Waals surface area contributed by atoms with E-state index >= 15 is 0 Å². The van der Waals surface area contributed by atoms with Crippen LogP contribution in [0.1, 0.15) is 40.4 Å². The van der Waals surface area contributed by atoms with Crippen LogP contribution in [0.4, 0.5) is 10.1 Å². The maximum absolute atomic E-state index is 13.4. The number of likely N-dealkylation sites (N-methyl/N-ethyl adjacent to an activating group) is 1. The lowest BCUT2D eigenvalue weighted by atomic mass is 10.0. The Morgan fingerprint density at radius 1 is 1.15 bits per heavy atom. The van der Waals surface area contributed by atoms with Crippen molar-refractivity contribution in [3.8, 4) is 0 Å². The molecule has 1 N–H and O–H groups in total. The van der Waals surface area contributed by atoms with Crippen LogP contribution in [0.25, 0.3) is 0 Å². The molecule has 1 atom stereocenters. The lowest BCUT2D eigenvalue weighted by Gasteiger charge is -2.29. The van der Waals surface area contributed by atoms with Crippen LogP contribution in [0.2, 0.25) is 0 Å². The number of likely N-dealkylation sites (tertiary alicyclic amines) is 1. The molecule has 1 unspecified atom stereocenters. The number of carbonyl (C=O) groups is 1. The zero-order chi connectivity index (χ0) is 18.8. The van der Waals surface area contributed by atoms with Gasteiger partial charge in [0.2, 0.25) is 0 Å². The third kappa shape index (κ3) is 3.83. The normalized spacial score (nSPS) is 17.8. The van der Waals surface area contributed by atoms with Gasteiger partial charge in [0.1, 0.15) is 5.82 Å². The van der Waals surface area contributed by atoms with Crippen LogP contribution in [0.5, 0.6) is 0 Å². The lowest BCUT2D eigenvalue weighted by molar-refractivity contribution is 0.0937. The number of hydrogen-bond donors (Lipinski definition) is 1. The van der Waals surface area contributed by atoms with Crippen LogP contribution in [0.15, 0.2) is 42.5 Å². The molecule has 1 fully saturated rings. The van der Waals surface area contributed by atoms with Crippen molar-refractivity contribution in [3.05, 3.63) is 65.0 Å². The molecule has 4 rings (SSSR count). The van der Waals surface area contributed by atoms with Crippen molar-refractivity contribution in [2.45, 2.75) is 25.3 Å². The third-order valence-electron chi connectivity index (χ3n) is 5.74. The summed E-state index contributed by atoms with van der Waals surface area (Å²) in [5.74, 6) is -0.610. The standard InChI is InChI=1S/C22H26FN3O/c1-25-12-9-17-13-16(7-8-20(17)25)21(26-10-2-3-11-26)15-24-22(27)18-5-4-6-19(23)14-18/h4-8,13-14,21H,2-3,9-12,15H2,1H3,(H,24,27). The van der Waals surface area contributed by atoms with Crippen LogP contribution in [-0.4, -0.2) is 44.0 Å². The van der Waals surface area contributed by atoms with Gasteiger partial charge in [0, 0.05) is 31.4 Å². The number of amides is 1. The highest BCUT2D eigenvalue weighted by Crippen LogP contribution is 2.32. The second-order valence-corrected chi connectivity index (χ2v) is 7.54. The van der Waals surface area contributed by atoms with E-state index in [1.165, 1.54) is 41.8 Å². The number of rotatable bonds is 5. The summed E-state index contributed by atoms with van der Waals surface area (Å²) in [5, 5.41) is 3.02. The fraction of sp³-hybridized carbons (Fsp3) is 0.409. The zero-order valence-electron chi connectivity index (χ0n) is 15.7. The molecule has 0 saturated carbocycles. The Hall–Kier alpha value is -2.40. The van der Waals surface area contributed by atoms with E-state index in [2.05, 4.69) is 40.4 Å². The van der Waals surface area contributed by atoms with Gasteiger partial charge in [0.25, 0.3) is 5.91 Å². The first-order chi connectivity index (χ1) is 13.1. The van der Waals surface area contributed by atoms with E-state index in [1.807, 2.05) is 0 Å². The topological polar surface area (TPSA) is 35.6 Å². The van der Waals surface area contributed by atoms with Gasteiger partial charge in [-0.1, -0.05) is 18.2 Å². The van der Waals surface area contributed by atoms with Crippen LogP contribution in [-0.2, 0) is 6.42 Å². The molecule has 2 heterocycles. The Labute approximate surface area is 160 Å². The largest absolute Gasteiger partial charge is 0.374 e. The molecule has 142 valence electrons. The summed E-state index contributed by atoms with van der Waals surface area (Å²) in [4.78, 5) is 17.2. The molecule has 27 heavy (non-hydrogen) atoms. The molecule has 0 spiro atoms. The van der Waals surface area contributed by atoms with Crippen molar-refractivity contribution in [1.82, 2.24) is 10.2 Å². The average Bonchev–Trinajstić information content (AvgIpc) is 3.32. The smallest absolute Gasteiger partial charge is 0.251 e. The van der Waals surface area contributed by atoms with Gasteiger partial charge < -0.3 is 10.2 Å². The van der Waals surface area contributed by atoms with E-state index in [0.29, 0.717) is 12.1 Å². The van der Waals surface area contributed by atoms with Gasteiger partial charge in [-0.25, -0.2) is 4.39 Å². The predicted molar refractivity (Wildman–Crippen MR) is 106 cm³/mol. The van der Waals surface area contributed by atoms with Crippen LogP contribution in [0.3, 0.4) is 0 Å². The number of halogens is 1. The zero-order valence-corrected chi connectivity index (χ0v) is 15.7. The maximum Gasteiger partial charge on any atom is 0.251 e. The van der Waals surface area contributed by atoms with Gasteiger partial charge in [0.15, 0.2) is 0 Å². The van der Waals surface area contributed by atoms with Crippen LogP contribution < -0.4 is 10.2 Å². The van der Waals surface area contributed by atoms with Crippen molar-refractivity contribution in [2.24, 2.45) is 0 Å². The number of carbonyl (C=O) groups excluding carboxylic acids is 1. The van der Waals surface area contributed by atoms with Crippen molar-refractivity contribution in [3.63, 3.8) is 0 Å². The SMILES string of the molecule is CN1CCc2cc(C(CNC(=O)c3cccc(F)c3)N3CCCC3)ccc21. The number of fused-ring (bicyclic) bond motifs is 1. The van der Waals surface area contributed by atoms with Crippen LogP contribution in [0, 0.1) is 5.82 Å². The summed E-state index contributed by atoms with van der Waals surface area (Å²) in [6, 6.07) is 12.7. The monoisotopic (exact) mass is 367 g/mol. The molecule has 0 aliphatic carbocycles. The molecule has 0 radical (unpaired) electrons. The minimum atomic E-state index is -0.388. The van der Waals surface area contributed by atoms with E-state index < -0.39 is 0 Å². The predicted octanol–water partition coefficient (Wildman–Crippen LogP) is 3.38. The van der Waals surface area contributed by atoms with E-state index in [-0.39, 0.29) is 17.8 Å². The molecule has 2 aromatic carbocycles. The molecule has 1 amide bonds. The first-order valence-corrected chi connectivity index (χ1v) is 9.73. The second kappa shape index (κ2) is 7.69. The summed E-state index contributed by atoms with van der Waals surface area (Å²) in [7, 11) is 2.13. The van der Waals surface area contributed by atoms with Crippen molar-refractivity contribution < 1.29 is 9.18 Å². The first kappa shape index (κ1) is 18.0. The van der Waals surface area contributed by atoms with Gasteiger partial charge in [-0.3, -0.25) is 9.69 Å². The van der Waals surface area contributed by atoms with Crippen LogP contribution >= 0.6 is 0 Å². The summed E-state index contributed by atoms with van der Waals surface area (Å²) in [5.41, 5.74) is 4.31. The molecule has 0 aromatic heterocycles. The highest BCUT2D eigenvalue weighted by atomic mass is 19.1. The third-order valence-corrected chi connectivity index (χ3v) is 5.74. The highest BCUT2D eigenvalue weighted by molar-refractivity contribution is 5.94. The van der Waals surface area contributed by atoms with Gasteiger partial charge in [-0.15, -0.1) is 0 Å². The molecule has 4 nitrogen and oxygen atoms in total. The van der Waals surface area contributed by atoms with E-state index in [4.69, 9.17) is 0 Å². The number of nitrogens with one attached hydrogen (secondary N) is 1. The minimum absolute atomic E-state index is 0.154. The Morgan fingerprint density at radius 3 is 2.74 bits per heavy atom. The molecular formula is C22H26FN3O. The molecule has 5 heteroatoms. The second-order valence-electron chi connectivity index (χ2n) is 7.54. The molecular weight excluding hydrogens is 341 g/mol. The maximum atomic E-state index is 13.4. The minimum Gasteiger partial charge on any atom is -0.374 e. The number of anilines is 1. The summed E-state index contributed by atoms with van der Waals surface area (Å²) in [6.45, 7) is 3.70. The molecule has 2 aliphatic heterocycles. The summed E-state index contributed by atoms with van der Waals surface area (Å²) < 4.78 is 13.4. The highest BCUT2D eigenvalue weighted by Gasteiger charge is 2.26. The Morgan fingerprint density at radius 2 is 1.96 bits per heavy atom. The number of nitrogens with zero attached hydrogens (tertiary/aromatic N) is 2. The van der Waals surface area contributed by atoms with Crippen molar-refractivity contribution in [1.29, 1.82) is 0 Å². The fourth-order valence-electron chi connectivity index (χ4n) is 4.23. The van der Waals surface area contributed by atoms with Crippen molar-refractivity contribution >= 4 is 11.6 Å². The molecule has 1 saturated heterocycles. The Bertz CT molecular complexity index is 832. The number of hydrogen-bond acceptors (Lipinski definition) is 3. The van der Waals surface area contributed by atoms with E-state index in [1.54, 1.807) is 12.1 Å². The van der Waals surface area contributed by atoms with E-state index in [0.717, 1.165) is 26.1 Å². The van der Waals surface area contributed by atoms with E-state index in [9.17, 15) is 9.18 Å². The molecule has 2 aliphatic rings. The molecule has 2 aromatic rings. The Kier molecular flexibility index (Phi) is 5.12. The number of benzene rings is 2. The average molecular weight is 367 g/mol. The first-order valence-electron chi connectivity index (χ1n) is 9.73. The quantitative estimate of drug-likeness (QED) is 0.880. The molecule has 0 bridgehead atoms. The van der Waals surface area contributed by atoms with Gasteiger partial charge >= 0.3 is 0 Å². The van der Waals surface area contributed by atoms with Gasteiger partial charge in [-0.2, -0.15) is 0 Å². The Balaban J connectivity index is 1.52.